The molecular formula is C9H11ClF3NS. The summed E-state index contributed by atoms with van der Waals surface area (Å²) in [4.78, 5) is 0. The topological polar surface area (TPSA) is 12.0 Å². The molecule has 1 aromatic rings. The number of halogens is 4. The van der Waals surface area contributed by atoms with Gasteiger partial charge in [-0.25, -0.2) is 0 Å². The molecule has 6 heteroatoms. The van der Waals surface area contributed by atoms with Crippen LogP contribution in [0, 0.1) is 0 Å². The first kappa shape index (κ1) is 12.8. The molecular weight excluding hydrogens is 247 g/mol. The Morgan fingerprint density at radius 1 is 1.53 bits per heavy atom. The molecule has 1 rings (SSSR count). The highest BCUT2D eigenvalue weighted by Crippen LogP contribution is 2.25. The minimum atomic E-state index is -4.10. The van der Waals surface area contributed by atoms with Crippen molar-refractivity contribution in [1.82, 2.24) is 5.32 Å². The predicted molar refractivity (Wildman–Crippen MR) is 56.4 cm³/mol. The Hall–Kier alpha value is -0.260. The van der Waals surface area contributed by atoms with Crippen molar-refractivity contribution in [2.45, 2.75) is 25.6 Å². The van der Waals surface area contributed by atoms with Crippen molar-refractivity contribution >= 4 is 22.9 Å². The van der Waals surface area contributed by atoms with Crippen LogP contribution in [0.3, 0.4) is 0 Å². The molecule has 1 atom stereocenters. The predicted octanol–water partition coefficient (Wildman–Crippen LogP) is 4.00. The van der Waals surface area contributed by atoms with Gasteiger partial charge < -0.3 is 5.32 Å². The third-order valence-electron chi connectivity index (χ3n) is 1.95. The smallest absolute Gasteiger partial charge is 0.310 e. The third kappa shape index (κ3) is 4.86. The molecule has 0 aliphatic rings. The lowest BCUT2D eigenvalue weighted by atomic mass is 10.2. The first-order valence-corrected chi connectivity index (χ1v) is 5.68. The van der Waals surface area contributed by atoms with Gasteiger partial charge in [-0.2, -0.15) is 13.2 Å². The molecule has 0 aliphatic carbocycles. The number of rotatable bonds is 4. The van der Waals surface area contributed by atoms with Gasteiger partial charge in [-0.15, -0.1) is 11.3 Å². The van der Waals surface area contributed by atoms with Crippen molar-refractivity contribution in [1.29, 1.82) is 0 Å². The fraction of sp³-hybridized carbons (Fsp3) is 0.556. The second-order valence-corrected chi connectivity index (χ2v) is 4.77. The van der Waals surface area contributed by atoms with Crippen molar-refractivity contribution in [3.8, 4) is 0 Å². The van der Waals surface area contributed by atoms with Crippen LogP contribution in [0.15, 0.2) is 11.4 Å². The van der Waals surface area contributed by atoms with Crippen LogP contribution in [0.5, 0.6) is 0 Å². The second-order valence-electron chi connectivity index (χ2n) is 3.23. The van der Waals surface area contributed by atoms with E-state index in [1.807, 2.05) is 12.3 Å². The maximum absolute atomic E-state index is 11.9. The fourth-order valence-electron chi connectivity index (χ4n) is 1.10. The Morgan fingerprint density at radius 3 is 2.67 bits per heavy atom. The monoisotopic (exact) mass is 257 g/mol. The van der Waals surface area contributed by atoms with E-state index in [4.69, 9.17) is 11.6 Å². The number of hydrogen-bond donors (Lipinski definition) is 1. The Labute approximate surface area is 95.2 Å². The molecule has 1 nitrogen and oxygen atoms in total. The summed E-state index contributed by atoms with van der Waals surface area (Å²) in [6, 6.07) is 1.66. The van der Waals surface area contributed by atoms with Gasteiger partial charge in [0.15, 0.2) is 0 Å². The van der Waals surface area contributed by atoms with E-state index in [0.717, 1.165) is 5.56 Å². The van der Waals surface area contributed by atoms with Gasteiger partial charge >= 0.3 is 6.18 Å². The minimum absolute atomic E-state index is 0.0713. The molecule has 0 saturated heterocycles. The Kier molecular flexibility index (Phi) is 4.43. The average molecular weight is 258 g/mol. The van der Waals surface area contributed by atoms with Crippen LogP contribution in [0.4, 0.5) is 13.2 Å². The summed E-state index contributed by atoms with van der Waals surface area (Å²) in [6.07, 6.45) is -4.91. The summed E-state index contributed by atoms with van der Waals surface area (Å²) in [5, 5.41) is 4.64. The molecule has 1 heterocycles. The van der Waals surface area contributed by atoms with E-state index in [0.29, 0.717) is 4.34 Å². The largest absolute Gasteiger partial charge is 0.390 e. The molecule has 0 amide bonds. The number of nitrogens with one attached hydrogen (secondary N) is 1. The molecule has 0 aromatic carbocycles. The Balaban J connectivity index is 2.34. The van der Waals surface area contributed by atoms with E-state index in [2.05, 4.69) is 5.32 Å². The van der Waals surface area contributed by atoms with E-state index in [1.54, 1.807) is 6.07 Å². The van der Waals surface area contributed by atoms with E-state index in [-0.39, 0.29) is 12.6 Å². The highest BCUT2D eigenvalue weighted by molar-refractivity contribution is 7.14. The van der Waals surface area contributed by atoms with E-state index >= 15 is 0 Å². The van der Waals surface area contributed by atoms with Gasteiger partial charge in [0.2, 0.25) is 0 Å². The lowest BCUT2D eigenvalue weighted by molar-refractivity contribution is -0.133. The van der Waals surface area contributed by atoms with Crippen LogP contribution >= 0.6 is 22.9 Å². The highest BCUT2D eigenvalue weighted by atomic mass is 35.5. The fourth-order valence-corrected chi connectivity index (χ4v) is 2.08. The van der Waals surface area contributed by atoms with Gasteiger partial charge in [0, 0.05) is 12.6 Å². The lowest BCUT2D eigenvalue weighted by Crippen LogP contribution is -2.24. The van der Waals surface area contributed by atoms with Crippen LogP contribution < -0.4 is 5.32 Å². The summed E-state index contributed by atoms with van der Waals surface area (Å²) in [6.45, 7) is 1.74. The molecule has 86 valence electrons. The first-order chi connectivity index (χ1) is 6.88. The van der Waals surface area contributed by atoms with Crippen LogP contribution in [-0.2, 0) is 0 Å². The van der Waals surface area contributed by atoms with Gasteiger partial charge in [0.25, 0.3) is 0 Å². The SMILES string of the molecule is CC(NCCC(F)(F)F)c1csc(Cl)c1. The molecule has 0 saturated carbocycles. The number of thiophene rings is 1. The van der Waals surface area contributed by atoms with Gasteiger partial charge in [0.1, 0.15) is 0 Å². The van der Waals surface area contributed by atoms with Crippen molar-refractivity contribution in [2.75, 3.05) is 6.54 Å². The zero-order valence-electron chi connectivity index (χ0n) is 8.07. The number of hydrogen-bond acceptors (Lipinski definition) is 2. The van der Waals surface area contributed by atoms with E-state index in [9.17, 15) is 13.2 Å². The molecule has 0 radical (unpaired) electrons. The summed E-state index contributed by atoms with van der Waals surface area (Å²) >= 11 is 7.10. The van der Waals surface area contributed by atoms with Crippen LogP contribution in [0.1, 0.15) is 24.9 Å². The minimum Gasteiger partial charge on any atom is -0.310 e. The molecule has 1 N–H and O–H groups in total. The van der Waals surface area contributed by atoms with Crippen LogP contribution in [-0.4, -0.2) is 12.7 Å². The van der Waals surface area contributed by atoms with E-state index < -0.39 is 12.6 Å². The van der Waals surface area contributed by atoms with Crippen molar-refractivity contribution in [2.24, 2.45) is 0 Å². The van der Waals surface area contributed by atoms with Gasteiger partial charge in [-0.1, -0.05) is 11.6 Å². The normalized spacial score (nSPS) is 14.2. The van der Waals surface area contributed by atoms with Crippen molar-refractivity contribution in [3.63, 3.8) is 0 Å². The second kappa shape index (κ2) is 5.18. The van der Waals surface area contributed by atoms with Crippen LogP contribution in [0.25, 0.3) is 0 Å². The summed E-state index contributed by atoms with van der Waals surface area (Å²) in [5.41, 5.74) is 0.923. The first-order valence-electron chi connectivity index (χ1n) is 4.42. The standard InChI is InChI=1S/C9H11ClF3NS/c1-6(7-4-8(10)15-5-7)14-3-2-9(11,12)13/h4-6,14H,2-3H2,1H3. The van der Waals surface area contributed by atoms with Gasteiger partial charge in [-0.05, 0) is 23.9 Å². The quantitative estimate of drug-likeness (QED) is 0.860. The third-order valence-corrected chi connectivity index (χ3v) is 3.06. The summed E-state index contributed by atoms with van der Waals surface area (Å²) in [7, 11) is 0. The van der Waals surface area contributed by atoms with Crippen molar-refractivity contribution in [3.05, 3.63) is 21.3 Å². The molecule has 0 bridgehead atoms. The highest BCUT2D eigenvalue weighted by Gasteiger charge is 2.26. The summed E-state index contributed by atoms with van der Waals surface area (Å²) < 4.78 is 36.2. The van der Waals surface area contributed by atoms with Gasteiger partial charge in [-0.3, -0.25) is 0 Å². The summed E-state index contributed by atoms with van der Waals surface area (Å²) in [5.74, 6) is 0. The Morgan fingerprint density at radius 2 is 2.20 bits per heavy atom. The van der Waals surface area contributed by atoms with Crippen LogP contribution in [0.2, 0.25) is 4.34 Å². The zero-order valence-corrected chi connectivity index (χ0v) is 9.64. The molecule has 1 aromatic heterocycles. The molecule has 0 aliphatic heterocycles. The maximum atomic E-state index is 11.9. The van der Waals surface area contributed by atoms with Gasteiger partial charge in [0.05, 0.1) is 10.8 Å². The van der Waals surface area contributed by atoms with Crippen molar-refractivity contribution < 1.29 is 13.2 Å². The molecule has 1 unspecified atom stereocenters. The lowest BCUT2D eigenvalue weighted by Gasteiger charge is -2.13. The Bertz CT molecular complexity index is 311. The maximum Gasteiger partial charge on any atom is 0.390 e. The molecule has 0 fully saturated rings. The van der Waals surface area contributed by atoms with E-state index in [1.165, 1.54) is 11.3 Å². The molecule has 0 spiro atoms. The average Bonchev–Trinajstić information content (AvgIpc) is 2.49. The zero-order chi connectivity index (χ0) is 11.5. The molecule has 15 heavy (non-hydrogen) atoms. The number of alkyl halides is 3.